The number of hydrogen-bond donors (Lipinski definition) is 0. The average Bonchev–Trinajstić information content (AvgIpc) is 2.19. The zero-order valence-corrected chi connectivity index (χ0v) is 9.09. The second-order valence-corrected chi connectivity index (χ2v) is 4.35. The minimum Gasteiger partial charge on any atom is -0.250 e. The fraction of sp³-hybridized carbons (Fsp3) is 0.167. The van der Waals surface area contributed by atoms with Crippen molar-refractivity contribution in [2.24, 2.45) is 0 Å². The predicted molar refractivity (Wildman–Crippen MR) is 61.5 cm³/mol. The highest BCUT2D eigenvalue weighted by atomic mass is 32.2. The minimum atomic E-state index is -1.02. The third-order valence-electron chi connectivity index (χ3n) is 1.78. The zero-order chi connectivity index (χ0) is 10.4. The highest BCUT2D eigenvalue weighted by Gasteiger charge is 1.97. The maximum atomic E-state index is 11.6. The molecule has 0 radical (unpaired) electrons. The fourth-order valence-electron chi connectivity index (χ4n) is 0.990. The summed E-state index contributed by atoms with van der Waals surface area (Å²) >= 11 is 0. The summed E-state index contributed by atoms with van der Waals surface area (Å²) in [5.41, 5.74) is 1.18. The molecule has 74 valence electrons. The number of allylic oxidation sites excluding steroid dienone is 2. The van der Waals surface area contributed by atoms with Crippen molar-refractivity contribution in [3.63, 3.8) is 0 Å². The van der Waals surface area contributed by atoms with Crippen LogP contribution in [0.1, 0.15) is 12.0 Å². The molecule has 2 heteroatoms. The molecule has 0 N–H and O–H groups in total. The molecule has 0 fully saturated rings. The molecule has 0 saturated heterocycles. The van der Waals surface area contributed by atoms with Crippen molar-refractivity contribution in [2.45, 2.75) is 18.2 Å². The van der Waals surface area contributed by atoms with Crippen molar-refractivity contribution in [1.29, 1.82) is 0 Å². The highest BCUT2D eigenvalue weighted by Crippen LogP contribution is 2.09. The van der Waals surface area contributed by atoms with Crippen LogP contribution in [-0.2, 0) is 10.8 Å². The smallest absolute Gasteiger partial charge is 0.0772 e. The van der Waals surface area contributed by atoms with Gasteiger partial charge in [0, 0.05) is 10.3 Å². The molecule has 0 heterocycles. The van der Waals surface area contributed by atoms with Gasteiger partial charge in [-0.25, -0.2) is 4.21 Å². The van der Waals surface area contributed by atoms with E-state index in [9.17, 15) is 4.21 Å². The van der Waals surface area contributed by atoms with Crippen LogP contribution < -0.4 is 0 Å². The molecular formula is C12H14OS. The van der Waals surface area contributed by atoms with Crippen LogP contribution in [0.4, 0.5) is 0 Å². The molecule has 1 aromatic carbocycles. The molecule has 0 amide bonds. The van der Waals surface area contributed by atoms with Gasteiger partial charge in [0.15, 0.2) is 0 Å². The first-order chi connectivity index (χ1) is 6.74. The Hall–Kier alpha value is -1.15. The van der Waals surface area contributed by atoms with Crippen LogP contribution >= 0.6 is 0 Å². The van der Waals surface area contributed by atoms with Gasteiger partial charge >= 0.3 is 0 Å². The summed E-state index contributed by atoms with van der Waals surface area (Å²) in [4.78, 5) is 0.843. The van der Waals surface area contributed by atoms with E-state index in [1.165, 1.54) is 5.56 Å². The van der Waals surface area contributed by atoms with Crippen LogP contribution in [0.2, 0.25) is 0 Å². The van der Waals surface area contributed by atoms with Crippen LogP contribution in [0, 0.1) is 6.92 Å². The summed E-state index contributed by atoms with van der Waals surface area (Å²) in [5.74, 6) is 0. The molecule has 0 aliphatic rings. The van der Waals surface area contributed by atoms with Crippen LogP contribution in [0.25, 0.3) is 0 Å². The molecule has 0 bridgehead atoms. The lowest BCUT2D eigenvalue weighted by Crippen LogP contribution is -1.85. The van der Waals surface area contributed by atoms with E-state index in [1.807, 2.05) is 37.3 Å². The Balaban J connectivity index is 2.70. The Kier molecular flexibility index (Phi) is 4.33. The fourth-order valence-corrected chi connectivity index (χ4v) is 1.84. The molecule has 0 aliphatic carbocycles. The Labute approximate surface area is 87.6 Å². The summed E-state index contributed by atoms with van der Waals surface area (Å²) < 4.78 is 11.6. The van der Waals surface area contributed by atoms with Gasteiger partial charge < -0.3 is 0 Å². The van der Waals surface area contributed by atoms with E-state index < -0.39 is 10.8 Å². The van der Waals surface area contributed by atoms with Crippen LogP contribution in [0.15, 0.2) is 53.3 Å². The monoisotopic (exact) mass is 206 g/mol. The summed E-state index contributed by atoms with van der Waals surface area (Å²) in [5, 5.41) is 1.70. The molecule has 14 heavy (non-hydrogen) atoms. The van der Waals surface area contributed by atoms with Crippen molar-refractivity contribution in [3.05, 3.63) is 54.0 Å². The quantitative estimate of drug-likeness (QED) is 0.691. The zero-order valence-electron chi connectivity index (χ0n) is 8.27. The minimum absolute atomic E-state index is 0.762. The Morgan fingerprint density at radius 2 is 2.00 bits per heavy atom. The van der Waals surface area contributed by atoms with Crippen LogP contribution in [0.3, 0.4) is 0 Å². The van der Waals surface area contributed by atoms with Gasteiger partial charge in [0.25, 0.3) is 0 Å². The van der Waals surface area contributed by atoms with Gasteiger partial charge in [-0.3, -0.25) is 0 Å². The Bertz CT molecular complexity index is 349. The lowest BCUT2D eigenvalue weighted by molar-refractivity contribution is 0.688. The van der Waals surface area contributed by atoms with Crippen LogP contribution in [0.5, 0.6) is 0 Å². The molecule has 0 unspecified atom stereocenters. The first-order valence-electron chi connectivity index (χ1n) is 4.49. The van der Waals surface area contributed by atoms with Gasteiger partial charge in [-0.05, 0) is 25.5 Å². The molecular weight excluding hydrogens is 192 g/mol. The van der Waals surface area contributed by atoms with Crippen molar-refractivity contribution < 1.29 is 4.21 Å². The molecule has 1 nitrogen and oxygen atoms in total. The van der Waals surface area contributed by atoms with E-state index in [0.717, 1.165) is 11.3 Å². The molecule has 0 spiro atoms. The topological polar surface area (TPSA) is 17.1 Å². The third-order valence-corrected chi connectivity index (χ3v) is 2.95. The van der Waals surface area contributed by atoms with Gasteiger partial charge in [-0.1, -0.05) is 29.8 Å². The summed E-state index contributed by atoms with van der Waals surface area (Å²) in [6, 6.07) is 7.72. The second kappa shape index (κ2) is 5.55. The lowest BCUT2D eigenvalue weighted by Gasteiger charge is -1.96. The van der Waals surface area contributed by atoms with Gasteiger partial charge in [-0.2, -0.15) is 0 Å². The lowest BCUT2D eigenvalue weighted by atomic mass is 10.2. The summed E-state index contributed by atoms with van der Waals surface area (Å²) in [7, 11) is -1.02. The predicted octanol–water partition coefficient (Wildman–Crippen LogP) is 3.19. The molecule has 0 aromatic heterocycles. The van der Waals surface area contributed by atoms with E-state index in [-0.39, 0.29) is 0 Å². The molecule has 1 aromatic rings. The first-order valence-corrected chi connectivity index (χ1v) is 5.70. The van der Waals surface area contributed by atoms with Crippen molar-refractivity contribution in [3.8, 4) is 0 Å². The Morgan fingerprint density at radius 1 is 1.36 bits per heavy atom. The van der Waals surface area contributed by atoms with E-state index in [0.29, 0.717) is 0 Å². The largest absolute Gasteiger partial charge is 0.250 e. The molecule has 1 atom stereocenters. The number of benzene rings is 1. The number of hydrogen-bond acceptors (Lipinski definition) is 1. The first kappa shape index (κ1) is 10.9. The van der Waals surface area contributed by atoms with Crippen molar-refractivity contribution in [2.75, 3.05) is 0 Å². The SMILES string of the molecule is C=CC/C=C/[S@@](=O)c1ccc(C)cc1. The van der Waals surface area contributed by atoms with E-state index in [4.69, 9.17) is 0 Å². The molecule has 1 rings (SSSR count). The van der Waals surface area contributed by atoms with E-state index >= 15 is 0 Å². The average molecular weight is 206 g/mol. The van der Waals surface area contributed by atoms with Crippen LogP contribution in [-0.4, -0.2) is 4.21 Å². The Morgan fingerprint density at radius 3 is 2.57 bits per heavy atom. The number of aryl methyl sites for hydroxylation is 1. The maximum absolute atomic E-state index is 11.6. The van der Waals surface area contributed by atoms with Crippen molar-refractivity contribution in [1.82, 2.24) is 0 Å². The summed E-state index contributed by atoms with van der Waals surface area (Å²) in [6.45, 7) is 5.61. The van der Waals surface area contributed by atoms with E-state index in [1.54, 1.807) is 11.5 Å². The van der Waals surface area contributed by atoms with E-state index in [2.05, 4.69) is 6.58 Å². The van der Waals surface area contributed by atoms with Crippen molar-refractivity contribution >= 4 is 10.8 Å². The van der Waals surface area contributed by atoms with Gasteiger partial charge in [-0.15, -0.1) is 6.58 Å². The molecule has 0 saturated carbocycles. The third kappa shape index (κ3) is 3.30. The second-order valence-electron chi connectivity index (χ2n) is 3.01. The van der Waals surface area contributed by atoms with Gasteiger partial charge in [0.05, 0.1) is 10.8 Å². The molecule has 0 aliphatic heterocycles. The summed E-state index contributed by atoms with van der Waals surface area (Å²) in [6.07, 6.45) is 4.41. The maximum Gasteiger partial charge on any atom is 0.0772 e. The van der Waals surface area contributed by atoms with Gasteiger partial charge in [0.2, 0.25) is 0 Å². The van der Waals surface area contributed by atoms with Gasteiger partial charge in [0.1, 0.15) is 0 Å². The normalized spacial score (nSPS) is 12.9. The number of rotatable bonds is 4. The highest BCUT2D eigenvalue weighted by molar-refractivity contribution is 7.88. The standard InChI is InChI=1S/C12H14OS/c1-3-4-5-10-14(13)12-8-6-11(2)7-9-12/h3,5-10H,1,4H2,2H3/b10-5+/t14-/m1/s1.